The van der Waals surface area contributed by atoms with Crippen LogP contribution in [-0.2, 0) is 24.6 Å². The van der Waals surface area contributed by atoms with Gasteiger partial charge < -0.3 is 20.6 Å². The molecule has 0 unspecified atom stereocenters. The highest BCUT2D eigenvalue weighted by atomic mass is 32.2. The molecule has 4 N–H and O–H groups in total. The first-order valence-electron chi connectivity index (χ1n) is 10.7. The third-order valence-electron chi connectivity index (χ3n) is 5.98. The fourth-order valence-electron chi connectivity index (χ4n) is 3.89. The van der Waals surface area contributed by atoms with E-state index in [0.717, 1.165) is 43.6 Å². The Morgan fingerprint density at radius 1 is 1.19 bits per heavy atom. The van der Waals surface area contributed by atoms with Gasteiger partial charge in [0, 0.05) is 33.6 Å². The summed E-state index contributed by atoms with van der Waals surface area (Å²) in [4.78, 5) is 38.8. The van der Waals surface area contributed by atoms with Crippen molar-refractivity contribution in [1.29, 1.82) is 0 Å². The molecule has 2 aliphatic rings. The molecule has 2 saturated heterocycles. The lowest BCUT2D eigenvalue weighted by Crippen LogP contribution is -2.66. The second kappa shape index (κ2) is 10.7. The molecule has 12 heteroatoms. The fourth-order valence-corrected chi connectivity index (χ4v) is 4.73. The van der Waals surface area contributed by atoms with Gasteiger partial charge in [0.1, 0.15) is 0 Å². The van der Waals surface area contributed by atoms with Crippen LogP contribution in [0, 0.1) is 11.8 Å². The van der Waals surface area contributed by atoms with Crippen molar-refractivity contribution in [3.8, 4) is 0 Å². The zero-order valence-electron chi connectivity index (χ0n) is 18.5. The number of amides is 2. The first-order valence-corrected chi connectivity index (χ1v) is 12.1. The molecule has 0 saturated carbocycles. The van der Waals surface area contributed by atoms with E-state index in [-0.39, 0.29) is 12.5 Å². The Morgan fingerprint density at radius 3 is 2.42 bits per heavy atom. The van der Waals surface area contributed by atoms with E-state index in [0.29, 0.717) is 31.7 Å². The van der Waals surface area contributed by atoms with Crippen LogP contribution in [0.15, 0.2) is 0 Å². The molecule has 11 nitrogen and oxygen atoms in total. The summed E-state index contributed by atoms with van der Waals surface area (Å²) in [5.41, 5.74) is -2.21. The molecule has 0 aromatic carbocycles. The fraction of sp³-hybridized carbons (Fsp3) is 0.842. The summed E-state index contributed by atoms with van der Waals surface area (Å²) in [7, 11) is -1.60. The quantitative estimate of drug-likeness (QED) is 0.332. The lowest BCUT2D eigenvalue weighted by Gasteiger charge is -2.35. The Hall–Kier alpha value is -1.76. The topological polar surface area (TPSA) is 148 Å². The van der Waals surface area contributed by atoms with Gasteiger partial charge in [0.25, 0.3) is 10.2 Å². The molecular formula is C19H35N5O6S. The maximum Gasteiger partial charge on any atom is 0.345 e. The van der Waals surface area contributed by atoms with E-state index in [1.165, 1.54) is 14.1 Å². The molecule has 2 fully saturated rings. The number of aliphatic carboxylic acids is 1. The summed E-state index contributed by atoms with van der Waals surface area (Å²) in [6, 6.07) is 0. The third kappa shape index (κ3) is 7.13. The van der Waals surface area contributed by atoms with Crippen molar-refractivity contribution in [2.24, 2.45) is 11.8 Å². The molecule has 2 amide bonds. The largest absolute Gasteiger partial charge is 0.478 e. The SMILES string of the molecule is CN(C)S(=O)(=O)N[C@](C)(NC(=O)[C@@H]1CCCN(C(=O)CCC2CCNCC2)C1)C(=O)O. The number of nitrogens with one attached hydrogen (secondary N) is 3. The molecule has 178 valence electrons. The zero-order valence-corrected chi connectivity index (χ0v) is 19.3. The van der Waals surface area contributed by atoms with Gasteiger partial charge in [-0.15, -0.1) is 0 Å². The Kier molecular flexibility index (Phi) is 8.81. The molecule has 0 bridgehead atoms. The molecule has 0 spiro atoms. The number of carbonyl (C=O) groups excluding carboxylic acids is 2. The number of hydrogen-bond acceptors (Lipinski definition) is 6. The highest BCUT2D eigenvalue weighted by Crippen LogP contribution is 2.22. The van der Waals surface area contributed by atoms with Crippen LogP contribution in [0.4, 0.5) is 0 Å². The second-order valence-electron chi connectivity index (χ2n) is 8.72. The van der Waals surface area contributed by atoms with Crippen LogP contribution in [0.25, 0.3) is 0 Å². The third-order valence-corrected chi connectivity index (χ3v) is 7.61. The highest BCUT2D eigenvalue weighted by molar-refractivity contribution is 7.87. The summed E-state index contributed by atoms with van der Waals surface area (Å²) < 4.78 is 27.0. The van der Waals surface area contributed by atoms with Crippen LogP contribution in [0.1, 0.15) is 45.4 Å². The first kappa shape index (κ1) is 25.5. The van der Waals surface area contributed by atoms with Gasteiger partial charge in [-0.05, 0) is 58.0 Å². The van der Waals surface area contributed by atoms with Gasteiger partial charge in [-0.1, -0.05) is 0 Å². The molecule has 2 aliphatic heterocycles. The molecule has 0 aliphatic carbocycles. The first-order chi connectivity index (χ1) is 14.4. The van der Waals surface area contributed by atoms with Crippen molar-refractivity contribution < 1.29 is 27.9 Å². The maximum atomic E-state index is 12.8. The van der Waals surface area contributed by atoms with Gasteiger partial charge in [-0.3, -0.25) is 9.59 Å². The van der Waals surface area contributed by atoms with Crippen LogP contribution >= 0.6 is 0 Å². The average Bonchev–Trinajstić information content (AvgIpc) is 2.72. The van der Waals surface area contributed by atoms with Gasteiger partial charge in [-0.25, -0.2) is 4.79 Å². The van der Waals surface area contributed by atoms with Crippen molar-refractivity contribution in [2.45, 2.75) is 51.1 Å². The standard InChI is InChI=1S/C19H35N5O6S/c1-19(18(27)28,22-31(29,30)23(2)3)21-17(26)15-5-4-12-24(13-15)16(25)7-6-14-8-10-20-11-9-14/h14-15,20,22H,4-13H2,1-3H3,(H,21,26)(H,27,28)/t15-,19+/m1/s1. The number of carbonyl (C=O) groups is 3. The monoisotopic (exact) mass is 461 g/mol. The average molecular weight is 462 g/mol. The lowest BCUT2D eigenvalue weighted by atomic mass is 9.92. The van der Waals surface area contributed by atoms with Crippen LogP contribution in [0.5, 0.6) is 0 Å². The molecule has 2 atom stereocenters. The molecule has 0 aromatic heterocycles. The molecular weight excluding hydrogens is 426 g/mol. The molecule has 0 aromatic rings. The van der Waals surface area contributed by atoms with E-state index < -0.39 is 33.7 Å². The summed E-state index contributed by atoms with van der Waals surface area (Å²) in [6.45, 7) is 3.81. The van der Waals surface area contributed by atoms with Gasteiger partial charge in [0.05, 0.1) is 5.92 Å². The number of hydrogen-bond donors (Lipinski definition) is 4. The molecule has 2 heterocycles. The second-order valence-corrected chi connectivity index (χ2v) is 10.6. The van der Waals surface area contributed by atoms with E-state index in [1.54, 1.807) is 4.90 Å². The number of piperidine rings is 2. The number of rotatable bonds is 9. The number of carboxylic acids is 1. The minimum atomic E-state index is -4.10. The smallest absolute Gasteiger partial charge is 0.345 e. The van der Waals surface area contributed by atoms with E-state index in [9.17, 15) is 27.9 Å². The molecule has 31 heavy (non-hydrogen) atoms. The van der Waals surface area contributed by atoms with E-state index in [2.05, 4.69) is 10.6 Å². The van der Waals surface area contributed by atoms with E-state index in [4.69, 9.17) is 0 Å². The van der Waals surface area contributed by atoms with Crippen molar-refractivity contribution in [3.63, 3.8) is 0 Å². The van der Waals surface area contributed by atoms with Crippen molar-refractivity contribution in [3.05, 3.63) is 0 Å². The van der Waals surface area contributed by atoms with Crippen molar-refractivity contribution >= 4 is 28.0 Å². The van der Waals surface area contributed by atoms with Gasteiger partial charge in [-0.2, -0.15) is 17.4 Å². The number of nitrogens with zero attached hydrogens (tertiary/aromatic N) is 2. The Labute approximate surface area is 184 Å². The van der Waals surface area contributed by atoms with Crippen LogP contribution < -0.4 is 15.4 Å². The van der Waals surface area contributed by atoms with Gasteiger partial charge in [0.2, 0.25) is 17.5 Å². The normalized spacial score (nSPS) is 22.7. The van der Waals surface area contributed by atoms with Crippen molar-refractivity contribution in [1.82, 2.24) is 24.6 Å². The van der Waals surface area contributed by atoms with Gasteiger partial charge in [0.15, 0.2) is 0 Å². The minimum absolute atomic E-state index is 0.00494. The summed E-state index contributed by atoms with van der Waals surface area (Å²) in [5, 5.41) is 15.1. The van der Waals surface area contributed by atoms with E-state index >= 15 is 0 Å². The van der Waals surface area contributed by atoms with Crippen LogP contribution in [0.3, 0.4) is 0 Å². The minimum Gasteiger partial charge on any atom is -0.478 e. The molecule has 2 rings (SSSR count). The van der Waals surface area contributed by atoms with Crippen LogP contribution in [-0.4, -0.2) is 86.5 Å². The number of carboxylic acid groups (broad SMARTS) is 1. The summed E-state index contributed by atoms with van der Waals surface area (Å²) >= 11 is 0. The summed E-state index contributed by atoms with van der Waals surface area (Å²) in [6.07, 6.45) is 4.53. The molecule has 0 radical (unpaired) electrons. The Balaban J connectivity index is 1.95. The zero-order chi connectivity index (χ0) is 23.2. The van der Waals surface area contributed by atoms with Crippen LogP contribution in [0.2, 0.25) is 0 Å². The Bertz CT molecular complexity index is 768. The number of likely N-dealkylation sites (tertiary alicyclic amines) is 1. The highest BCUT2D eigenvalue weighted by Gasteiger charge is 2.41. The summed E-state index contributed by atoms with van der Waals surface area (Å²) in [5.74, 6) is -2.18. The van der Waals surface area contributed by atoms with Crippen molar-refractivity contribution in [2.75, 3.05) is 40.3 Å². The van der Waals surface area contributed by atoms with E-state index in [1.807, 2.05) is 4.72 Å². The maximum absolute atomic E-state index is 12.8. The predicted octanol–water partition coefficient (Wildman–Crippen LogP) is -0.682. The predicted molar refractivity (Wildman–Crippen MR) is 114 cm³/mol. The Morgan fingerprint density at radius 2 is 1.84 bits per heavy atom. The lowest BCUT2D eigenvalue weighted by molar-refractivity contribution is -0.149. The van der Waals surface area contributed by atoms with Gasteiger partial charge >= 0.3 is 5.97 Å².